The molecule has 12 heteroatoms. The van der Waals surface area contributed by atoms with E-state index >= 15 is 0 Å². The Bertz CT molecular complexity index is 1630. The number of carbonyl (C=O) groups is 1. The fourth-order valence-electron chi connectivity index (χ4n) is 6.47. The van der Waals surface area contributed by atoms with Crippen LogP contribution in [0.3, 0.4) is 0 Å². The van der Waals surface area contributed by atoms with Gasteiger partial charge in [0.2, 0.25) is 6.54 Å². The van der Waals surface area contributed by atoms with E-state index in [1.807, 2.05) is 48.3 Å². The minimum Gasteiger partial charge on any atom is -0.456 e. The van der Waals surface area contributed by atoms with Gasteiger partial charge in [-0.05, 0) is 24.1 Å². The quantitative estimate of drug-likeness (QED) is 0.287. The third-order valence-corrected chi connectivity index (χ3v) is 8.94. The molecule has 0 saturated carbocycles. The van der Waals surface area contributed by atoms with Crippen LogP contribution in [-0.4, -0.2) is 97.4 Å². The number of fused-ring (bicyclic) bond motifs is 2. The lowest BCUT2D eigenvalue weighted by Gasteiger charge is -2.40. The maximum atomic E-state index is 13.8. The van der Waals surface area contributed by atoms with Crippen LogP contribution in [0.5, 0.6) is 6.01 Å². The summed E-state index contributed by atoms with van der Waals surface area (Å²) in [6, 6.07) is 11.6. The van der Waals surface area contributed by atoms with E-state index in [0.717, 1.165) is 34.1 Å². The molecule has 2 aromatic carbocycles. The molecule has 1 aromatic heterocycles. The van der Waals surface area contributed by atoms with Crippen molar-refractivity contribution in [2.75, 3.05) is 58.3 Å². The molecule has 3 aliphatic rings. The Kier molecular flexibility index (Phi) is 8.69. The summed E-state index contributed by atoms with van der Waals surface area (Å²) in [7, 11) is 3.68. The van der Waals surface area contributed by atoms with Crippen LogP contribution in [0.25, 0.3) is 15.6 Å². The zero-order valence-corrected chi connectivity index (χ0v) is 25.5. The molecule has 0 spiro atoms. The molecule has 3 aromatic rings. The molecule has 2 saturated heterocycles. The van der Waals surface area contributed by atoms with Crippen molar-refractivity contribution >= 4 is 34.1 Å². The number of hydrogen-bond donors (Lipinski definition) is 0. The highest BCUT2D eigenvalue weighted by Gasteiger charge is 2.38. The number of methoxy groups -OCH3 is 1. The summed E-state index contributed by atoms with van der Waals surface area (Å²) in [5.41, 5.74) is 2.60. The van der Waals surface area contributed by atoms with Gasteiger partial charge in [-0.25, -0.2) is 11.0 Å². The maximum absolute atomic E-state index is 13.8. The number of benzene rings is 2. The average molecular weight is 621 g/mol. The van der Waals surface area contributed by atoms with E-state index in [1.165, 1.54) is 4.90 Å². The Morgan fingerprint density at radius 3 is 2.70 bits per heavy atom. The second-order valence-electron chi connectivity index (χ2n) is 11.4. The van der Waals surface area contributed by atoms with Crippen LogP contribution in [0.15, 0.2) is 48.8 Å². The molecular formula is C32H34ClFN6O4. The number of hydrogen-bond acceptors (Lipinski definition) is 8. The number of halogens is 2. The first kappa shape index (κ1) is 30.2. The van der Waals surface area contributed by atoms with E-state index in [-0.39, 0.29) is 44.0 Å². The van der Waals surface area contributed by atoms with Crippen molar-refractivity contribution in [2.45, 2.75) is 37.4 Å². The Labute approximate surface area is 260 Å². The zero-order valence-electron chi connectivity index (χ0n) is 24.7. The van der Waals surface area contributed by atoms with Crippen LogP contribution < -0.4 is 9.64 Å². The minimum atomic E-state index is -1.04. The van der Waals surface area contributed by atoms with Crippen molar-refractivity contribution in [1.29, 1.82) is 0 Å². The van der Waals surface area contributed by atoms with Crippen molar-refractivity contribution in [1.82, 2.24) is 19.8 Å². The van der Waals surface area contributed by atoms with Crippen molar-refractivity contribution in [2.24, 2.45) is 0 Å². The molecule has 44 heavy (non-hydrogen) atoms. The smallest absolute Gasteiger partial charge is 0.319 e. The molecule has 0 radical (unpaired) electrons. The summed E-state index contributed by atoms with van der Waals surface area (Å²) >= 11 is 6.66. The number of ether oxygens (including phenoxy) is 3. The predicted molar refractivity (Wildman–Crippen MR) is 164 cm³/mol. The third-order valence-electron chi connectivity index (χ3n) is 8.63. The van der Waals surface area contributed by atoms with E-state index in [1.54, 1.807) is 7.11 Å². The van der Waals surface area contributed by atoms with Crippen LogP contribution in [0.4, 0.5) is 10.2 Å². The van der Waals surface area contributed by atoms with Crippen molar-refractivity contribution in [3.63, 3.8) is 0 Å². The Morgan fingerprint density at radius 1 is 1.18 bits per heavy atom. The molecule has 0 aliphatic carbocycles. The van der Waals surface area contributed by atoms with Gasteiger partial charge in [0.25, 0.3) is 5.91 Å². The van der Waals surface area contributed by atoms with Crippen LogP contribution in [0.2, 0.25) is 5.02 Å². The van der Waals surface area contributed by atoms with Crippen molar-refractivity contribution in [3.05, 3.63) is 82.1 Å². The Morgan fingerprint density at radius 2 is 1.95 bits per heavy atom. The normalized spacial score (nSPS) is 23.8. The van der Waals surface area contributed by atoms with E-state index in [2.05, 4.69) is 16.3 Å². The minimum absolute atomic E-state index is 0.0243. The van der Waals surface area contributed by atoms with Gasteiger partial charge in [-0.15, -0.1) is 0 Å². The monoisotopic (exact) mass is 620 g/mol. The van der Waals surface area contributed by atoms with Gasteiger partial charge in [0, 0.05) is 62.2 Å². The highest BCUT2D eigenvalue weighted by Crippen LogP contribution is 2.39. The summed E-state index contributed by atoms with van der Waals surface area (Å²) < 4.78 is 32.4. The maximum Gasteiger partial charge on any atom is 0.319 e. The molecule has 230 valence electrons. The fourth-order valence-corrected chi connectivity index (χ4v) is 6.76. The molecule has 4 heterocycles. The lowest BCUT2D eigenvalue weighted by Crippen LogP contribution is -2.57. The number of anilines is 1. The highest BCUT2D eigenvalue weighted by molar-refractivity contribution is 6.35. The number of piperazine rings is 1. The molecule has 4 atom stereocenters. The lowest BCUT2D eigenvalue weighted by molar-refractivity contribution is -0.131. The SMILES string of the molecule is [C-]#[N+]C[C@H]1CN(c2nc(O[C@H]3CN(C)C[C@@H]3OC)nc3c2COC(c2cccc4cccc(Cl)c24)C3)CCN1C(=O)C(=C)F. The Hall–Kier alpha value is -3.82. The molecule has 3 aliphatic heterocycles. The zero-order chi connectivity index (χ0) is 31.0. The average Bonchev–Trinajstić information content (AvgIpc) is 3.38. The van der Waals surface area contributed by atoms with Gasteiger partial charge >= 0.3 is 6.01 Å². The van der Waals surface area contributed by atoms with Gasteiger partial charge in [0.15, 0.2) is 5.83 Å². The molecule has 2 fully saturated rings. The summed E-state index contributed by atoms with van der Waals surface area (Å²) in [5.74, 6) is -1.20. The summed E-state index contributed by atoms with van der Waals surface area (Å²) in [6.45, 7) is 13.2. The van der Waals surface area contributed by atoms with Gasteiger partial charge in [-0.1, -0.05) is 48.5 Å². The number of nitrogens with zero attached hydrogens (tertiary/aromatic N) is 6. The van der Waals surface area contributed by atoms with Crippen LogP contribution in [0, 0.1) is 6.57 Å². The second kappa shape index (κ2) is 12.7. The van der Waals surface area contributed by atoms with Gasteiger partial charge in [0.05, 0.1) is 18.4 Å². The van der Waals surface area contributed by atoms with Gasteiger partial charge < -0.3 is 28.9 Å². The van der Waals surface area contributed by atoms with Gasteiger partial charge in [0.1, 0.15) is 24.1 Å². The number of likely N-dealkylation sites (tertiary alicyclic amines) is 1. The van der Waals surface area contributed by atoms with E-state index in [9.17, 15) is 9.18 Å². The third kappa shape index (κ3) is 5.83. The van der Waals surface area contributed by atoms with Crippen LogP contribution >= 0.6 is 11.6 Å². The molecule has 1 unspecified atom stereocenters. The predicted octanol–water partition coefficient (Wildman–Crippen LogP) is 4.22. The number of carbonyl (C=O) groups excluding carboxylic acids is 1. The number of aromatic nitrogens is 2. The van der Waals surface area contributed by atoms with E-state index in [0.29, 0.717) is 36.9 Å². The topological polar surface area (TPSA) is 84.6 Å². The number of rotatable bonds is 7. The number of amides is 1. The molecule has 1 amide bonds. The standard InChI is InChI=1S/C32H34ClFN6O4/c1-19(34)31(41)40-12-11-39(15-21(40)14-35-2)30-23-18-43-26(22-9-5-7-20-8-6-10-24(33)29(20)22)13-25(23)36-32(37-30)44-28-17-38(3)16-27(28)42-4/h5-10,21,26-28H,1,11-18H2,3-4H3/t21-,26?,27-,28-/m0/s1. The lowest BCUT2D eigenvalue weighted by atomic mass is 9.94. The second-order valence-corrected chi connectivity index (χ2v) is 11.8. The summed E-state index contributed by atoms with van der Waals surface area (Å²) in [5, 5.41) is 2.64. The summed E-state index contributed by atoms with van der Waals surface area (Å²) in [4.78, 5) is 31.4. The molecule has 10 nitrogen and oxygen atoms in total. The molecule has 6 rings (SSSR count). The first-order valence-electron chi connectivity index (χ1n) is 14.6. The van der Waals surface area contributed by atoms with E-state index < -0.39 is 17.8 Å². The largest absolute Gasteiger partial charge is 0.456 e. The molecule has 0 N–H and O–H groups in total. The van der Waals surface area contributed by atoms with Crippen LogP contribution in [-0.2, 0) is 27.3 Å². The Balaban J connectivity index is 1.37. The first-order chi connectivity index (χ1) is 21.3. The van der Waals surface area contributed by atoms with Crippen molar-refractivity contribution < 1.29 is 23.4 Å². The van der Waals surface area contributed by atoms with E-state index in [4.69, 9.17) is 42.4 Å². The fraction of sp³-hybridized carbons (Fsp3) is 0.438. The highest BCUT2D eigenvalue weighted by atomic mass is 35.5. The molecular weight excluding hydrogens is 587 g/mol. The van der Waals surface area contributed by atoms with Crippen LogP contribution in [0.1, 0.15) is 22.9 Å². The molecule has 0 bridgehead atoms. The van der Waals surface area contributed by atoms with Crippen molar-refractivity contribution in [3.8, 4) is 6.01 Å². The summed E-state index contributed by atoms with van der Waals surface area (Å²) in [6.07, 6.45) is -0.229. The van der Waals surface area contributed by atoms with Gasteiger partial charge in [-0.2, -0.15) is 9.97 Å². The van der Waals surface area contributed by atoms with Gasteiger partial charge in [-0.3, -0.25) is 9.69 Å². The number of likely N-dealkylation sites (N-methyl/N-ethyl adjacent to an activating group) is 1. The first-order valence-corrected chi connectivity index (χ1v) is 14.9.